The van der Waals surface area contributed by atoms with Crippen LogP contribution < -0.4 is 5.56 Å². The number of carbonyl (C=O) groups is 1. The van der Waals surface area contributed by atoms with Gasteiger partial charge in [-0.25, -0.2) is 4.39 Å². The number of H-pyrrole nitrogens is 1. The molecule has 6 heteroatoms. The minimum atomic E-state index is -0.359. The van der Waals surface area contributed by atoms with Crippen molar-refractivity contribution in [3.63, 3.8) is 0 Å². The van der Waals surface area contributed by atoms with Crippen LogP contribution in [0.3, 0.4) is 0 Å². The zero-order valence-electron chi connectivity index (χ0n) is 14.5. The third-order valence-electron chi connectivity index (χ3n) is 4.40. The van der Waals surface area contributed by atoms with Gasteiger partial charge in [0.25, 0.3) is 5.56 Å². The van der Waals surface area contributed by atoms with E-state index >= 15 is 0 Å². The number of halogens is 1. The first kappa shape index (κ1) is 17.8. The Hall–Kier alpha value is -3.02. The van der Waals surface area contributed by atoms with Crippen molar-refractivity contribution >= 4 is 16.8 Å². The van der Waals surface area contributed by atoms with Crippen molar-refractivity contribution in [1.82, 2.24) is 14.9 Å². The lowest BCUT2D eigenvalue weighted by molar-refractivity contribution is -0.129. The average Bonchev–Trinajstić information content (AvgIpc) is 2.65. The van der Waals surface area contributed by atoms with Crippen LogP contribution in [0.2, 0.25) is 0 Å². The Morgan fingerprint density at radius 1 is 1.15 bits per heavy atom. The van der Waals surface area contributed by atoms with Crippen molar-refractivity contribution in [3.05, 3.63) is 76.1 Å². The first-order valence-corrected chi connectivity index (χ1v) is 8.47. The Morgan fingerprint density at radius 3 is 2.69 bits per heavy atom. The number of likely N-dealkylation sites (N-methyl/N-ethyl adjacent to an activating group) is 1. The maximum atomic E-state index is 13.4. The third-order valence-corrected chi connectivity index (χ3v) is 4.40. The van der Waals surface area contributed by atoms with E-state index < -0.39 is 0 Å². The Bertz CT molecular complexity index is 970. The molecule has 0 aliphatic heterocycles. The number of aryl methyl sites for hydroxylation is 1. The zero-order chi connectivity index (χ0) is 18.5. The molecule has 0 saturated heterocycles. The molecule has 5 nitrogen and oxygen atoms in total. The predicted octanol–water partition coefficient (Wildman–Crippen LogP) is 2.70. The van der Waals surface area contributed by atoms with Crippen LogP contribution in [-0.2, 0) is 17.6 Å². The van der Waals surface area contributed by atoms with Gasteiger partial charge in [-0.15, -0.1) is 0 Å². The summed E-state index contributed by atoms with van der Waals surface area (Å²) >= 11 is 0. The smallest absolute Gasteiger partial charge is 0.251 e. The molecular weight excluding hydrogens is 333 g/mol. The van der Waals surface area contributed by atoms with Crippen LogP contribution in [0.5, 0.6) is 0 Å². The topological polar surface area (TPSA) is 66.1 Å². The van der Waals surface area contributed by atoms with E-state index in [-0.39, 0.29) is 23.7 Å². The number of carbonyl (C=O) groups excluding carboxylic acids is 1. The lowest BCUT2D eigenvalue weighted by Crippen LogP contribution is -2.29. The highest BCUT2D eigenvalue weighted by Crippen LogP contribution is 2.14. The number of hydrogen-bond donors (Lipinski definition) is 1. The second kappa shape index (κ2) is 7.91. The number of hydrogen-bond acceptors (Lipinski definition) is 3. The van der Waals surface area contributed by atoms with Crippen molar-refractivity contribution in [2.75, 3.05) is 13.6 Å². The number of fused-ring (bicyclic) bond motifs is 1. The van der Waals surface area contributed by atoms with E-state index in [1.807, 2.05) is 12.1 Å². The molecule has 1 N–H and O–H groups in total. The Kier molecular flexibility index (Phi) is 5.41. The highest BCUT2D eigenvalue weighted by molar-refractivity contribution is 5.79. The molecule has 0 fully saturated rings. The SMILES string of the molecule is CN(CCc1ccncc1)C(=O)CCc1cc2cc(F)ccc2[nH]c1=O. The van der Waals surface area contributed by atoms with E-state index in [0.717, 1.165) is 12.0 Å². The van der Waals surface area contributed by atoms with E-state index in [2.05, 4.69) is 9.97 Å². The molecule has 1 amide bonds. The molecule has 2 aromatic heterocycles. The van der Waals surface area contributed by atoms with Crippen molar-refractivity contribution in [2.45, 2.75) is 19.3 Å². The van der Waals surface area contributed by atoms with Gasteiger partial charge in [0.15, 0.2) is 0 Å². The second-order valence-electron chi connectivity index (χ2n) is 6.28. The summed E-state index contributed by atoms with van der Waals surface area (Å²) in [7, 11) is 1.75. The average molecular weight is 353 g/mol. The number of benzene rings is 1. The summed E-state index contributed by atoms with van der Waals surface area (Å²) in [6.07, 6.45) is 4.76. The number of aromatic amines is 1. The minimum absolute atomic E-state index is 0.0298. The van der Waals surface area contributed by atoms with Gasteiger partial charge in [0.2, 0.25) is 5.91 Å². The summed E-state index contributed by atoms with van der Waals surface area (Å²) in [6.45, 7) is 0.599. The Labute approximate surface area is 150 Å². The summed E-state index contributed by atoms with van der Waals surface area (Å²) in [5.41, 5.74) is 1.95. The maximum absolute atomic E-state index is 13.4. The lowest BCUT2D eigenvalue weighted by Gasteiger charge is -2.17. The number of amides is 1. The summed E-state index contributed by atoms with van der Waals surface area (Å²) < 4.78 is 13.4. The number of nitrogens with zero attached hydrogens (tertiary/aromatic N) is 2. The second-order valence-corrected chi connectivity index (χ2v) is 6.28. The van der Waals surface area contributed by atoms with Crippen molar-refractivity contribution in [1.29, 1.82) is 0 Å². The Balaban J connectivity index is 1.61. The number of rotatable bonds is 6. The molecule has 2 heterocycles. The fourth-order valence-corrected chi connectivity index (χ4v) is 2.81. The van der Waals surface area contributed by atoms with Gasteiger partial charge in [-0.2, -0.15) is 0 Å². The first-order chi connectivity index (χ1) is 12.5. The molecule has 26 heavy (non-hydrogen) atoms. The van der Waals surface area contributed by atoms with Crippen LogP contribution in [-0.4, -0.2) is 34.4 Å². The molecule has 0 radical (unpaired) electrons. The lowest BCUT2D eigenvalue weighted by atomic mass is 10.1. The molecule has 0 atom stereocenters. The summed E-state index contributed by atoms with van der Waals surface area (Å²) in [5.74, 6) is -0.389. The third kappa shape index (κ3) is 4.33. The van der Waals surface area contributed by atoms with Crippen LogP contribution in [0.25, 0.3) is 10.9 Å². The minimum Gasteiger partial charge on any atom is -0.345 e. The predicted molar refractivity (Wildman–Crippen MR) is 98.4 cm³/mol. The monoisotopic (exact) mass is 353 g/mol. The molecule has 0 spiro atoms. The van der Waals surface area contributed by atoms with Gasteiger partial charge in [-0.3, -0.25) is 14.6 Å². The number of nitrogens with one attached hydrogen (secondary N) is 1. The molecule has 1 aromatic carbocycles. The molecule has 134 valence electrons. The van der Waals surface area contributed by atoms with E-state index in [4.69, 9.17) is 0 Å². The maximum Gasteiger partial charge on any atom is 0.251 e. The fourth-order valence-electron chi connectivity index (χ4n) is 2.81. The number of pyridine rings is 2. The molecule has 0 saturated carbocycles. The standard InChI is InChI=1S/C20H20FN3O2/c1-24(11-8-14-6-9-22-10-7-14)19(25)5-2-15-12-16-13-17(21)3-4-18(16)23-20(15)26/h3-4,6-7,9-10,12-13H,2,5,8,11H2,1H3,(H,23,26). The van der Waals surface area contributed by atoms with Crippen LogP contribution >= 0.6 is 0 Å². The van der Waals surface area contributed by atoms with Crippen LogP contribution in [0.15, 0.2) is 53.6 Å². The summed E-state index contributed by atoms with van der Waals surface area (Å²) in [5, 5.41) is 0.623. The van der Waals surface area contributed by atoms with Crippen LogP contribution in [0, 0.1) is 5.82 Å². The fraction of sp³-hybridized carbons (Fsp3) is 0.250. The molecule has 0 bridgehead atoms. The van der Waals surface area contributed by atoms with Gasteiger partial charge in [0.05, 0.1) is 0 Å². The normalized spacial score (nSPS) is 10.8. The van der Waals surface area contributed by atoms with Crippen molar-refractivity contribution in [3.8, 4) is 0 Å². The molecule has 0 aliphatic rings. The van der Waals surface area contributed by atoms with Crippen molar-refractivity contribution < 1.29 is 9.18 Å². The van der Waals surface area contributed by atoms with E-state index in [1.54, 1.807) is 30.4 Å². The molecule has 3 rings (SSSR count). The number of aromatic nitrogens is 2. The largest absolute Gasteiger partial charge is 0.345 e. The molecule has 0 unspecified atom stereocenters. The van der Waals surface area contributed by atoms with Gasteiger partial charge >= 0.3 is 0 Å². The van der Waals surface area contributed by atoms with E-state index in [9.17, 15) is 14.0 Å². The summed E-state index contributed by atoms with van der Waals surface area (Å²) in [4.78, 5) is 32.8. The van der Waals surface area contributed by atoms with Gasteiger partial charge in [-0.1, -0.05) is 0 Å². The van der Waals surface area contributed by atoms with Gasteiger partial charge in [0, 0.05) is 48.9 Å². The Morgan fingerprint density at radius 2 is 1.92 bits per heavy atom. The van der Waals surface area contributed by atoms with Crippen LogP contribution in [0.4, 0.5) is 4.39 Å². The van der Waals surface area contributed by atoms with E-state index in [1.165, 1.54) is 18.2 Å². The molecular formula is C20H20FN3O2. The van der Waals surface area contributed by atoms with Crippen LogP contribution in [0.1, 0.15) is 17.5 Å². The van der Waals surface area contributed by atoms with Crippen molar-refractivity contribution in [2.24, 2.45) is 0 Å². The highest BCUT2D eigenvalue weighted by Gasteiger charge is 2.11. The van der Waals surface area contributed by atoms with Gasteiger partial charge < -0.3 is 9.88 Å². The first-order valence-electron chi connectivity index (χ1n) is 8.47. The molecule has 3 aromatic rings. The quantitative estimate of drug-likeness (QED) is 0.741. The summed E-state index contributed by atoms with van der Waals surface area (Å²) in [6, 6.07) is 9.71. The van der Waals surface area contributed by atoms with Gasteiger partial charge in [-0.05, 0) is 54.8 Å². The highest BCUT2D eigenvalue weighted by atomic mass is 19.1. The van der Waals surface area contributed by atoms with E-state index in [0.29, 0.717) is 29.4 Å². The van der Waals surface area contributed by atoms with Gasteiger partial charge in [0.1, 0.15) is 5.82 Å². The molecule has 0 aliphatic carbocycles. The zero-order valence-corrected chi connectivity index (χ0v) is 14.5.